The van der Waals surface area contributed by atoms with Gasteiger partial charge in [-0.15, -0.1) is 0 Å². The molecule has 0 saturated heterocycles. The molecule has 5 heteroatoms. The molecular formula is C23H27N3O2. The molecule has 28 heavy (non-hydrogen) atoms. The number of aromatic nitrogens is 1. The average Bonchev–Trinajstić information content (AvgIpc) is 2.74. The van der Waals surface area contributed by atoms with E-state index in [0.717, 1.165) is 24.8 Å². The van der Waals surface area contributed by atoms with Gasteiger partial charge in [-0.05, 0) is 56.7 Å². The Labute approximate surface area is 166 Å². The summed E-state index contributed by atoms with van der Waals surface area (Å²) in [5.74, 6) is -0.535. The van der Waals surface area contributed by atoms with Gasteiger partial charge in [0.1, 0.15) is 11.4 Å². The molecule has 0 saturated carbocycles. The van der Waals surface area contributed by atoms with Crippen molar-refractivity contribution in [3.05, 3.63) is 76.6 Å². The maximum atomic E-state index is 12.4. The van der Waals surface area contributed by atoms with Crippen molar-refractivity contribution in [2.75, 3.05) is 6.54 Å². The fourth-order valence-electron chi connectivity index (χ4n) is 3.23. The fourth-order valence-corrected chi connectivity index (χ4v) is 3.23. The van der Waals surface area contributed by atoms with E-state index < -0.39 is 0 Å². The van der Waals surface area contributed by atoms with Gasteiger partial charge in [-0.1, -0.05) is 47.5 Å². The molecule has 0 aliphatic heterocycles. The van der Waals surface area contributed by atoms with Crippen molar-refractivity contribution in [3.63, 3.8) is 0 Å². The Bertz CT molecular complexity index is 856. The summed E-state index contributed by atoms with van der Waals surface area (Å²) in [7, 11) is 0. The van der Waals surface area contributed by atoms with Crippen LogP contribution in [0.4, 0.5) is 0 Å². The smallest absolute Gasteiger partial charge is 0.270 e. The van der Waals surface area contributed by atoms with Crippen molar-refractivity contribution in [1.82, 2.24) is 15.6 Å². The molecule has 1 aliphatic carbocycles. The molecule has 1 heterocycles. The van der Waals surface area contributed by atoms with Crippen molar-refractivity contribution in [2.24, 2.45) is 0 Å². The molecule has 1 aromatic heterocycles. The van der Waals surface area contributed by atoms with Gasteiger partial charge >= 0.3 is 0 Å². The lowest BCUT2D eigenvalue weighted by atomic mass is 9.97. The van der Waals surface area contributed by atoms with Gasteiger partial charge < -0.3 is 10.6 Å². The van der Waals surface area contributed by atoms with E-state index in [4.69, 9.17) is 0 Å². The molecule has 0 atom stereocenters. The first-order chi connectivity index (χ1) is 13.6. The molecule has 0 bridgehead atoms. The highest BCUT2D eigenvalue weighted by Crippen LogP contribution is 2.19. The van der Waals surface area contributed by atoms with Gasteiger partial charge in [-0.3, -0.25) is 9.59 Å². The molecule has 0 radical (unpaired) electrons. The van der Waals surface area contributed by atoms with E-state index in [2.05, 4.69) is 21.7 Å². The maximum Gasteiger partial charge on any atom is 0.270 e. The lowest BCUT2D eigenvalue weighted by Gasteiger charge is -2.13. The van der Waals surface area contributed by atoms with Gasteiger partial charge in [0.25, 0.3) is 11.8 Å². The summed E-state index contributed by atoms with van der Waals surface area (Å²) in [5, 5.41) is 5.75. The number of hydrogen-bond acceptors (Lipinski definition) is 3. The zero-order chi connectivity index (χ0) is 19.8. The number of nitrogens with zero attached hydrogens (tertiary/aromatic N) is 1. The number of nitrogens with one attached hydrogen (secondary N) is 2. The second-order valence-corrected chi connectivity index (χ2v) is 7.19. The van der Waals surface area contributed by atoms with Crippen LogP contribution in [-0.2, 0) is 6.54 Å². The van der Waals surface area contributed by atoms with E-state index in [-0.39, 0.29) is 23.2 Å². The van der Waals surface area contributed by atoms with E-state index in [1.165, 1.54) is 24.0 Å². The van der Waals surface area contributed by atoms with E-state index in [1.807, 2.05) is 31.2 Å². The predicted molar refractivity (Wildman–Crippen MR) is 110 cm³/mol. The Balaban J connectivity index is 1.51. The van der Waals surface area contributed by atoms with Gasteiger partial charge in [-0.25, -0.2) is 4.98 Å². The predicted octanol–water partition coefficient (Wildman–Crippen LogP) is 3.94. The SMILES string of the molecule is Cc1ccc(CNC(=O)c2cccc(C(=O)NCCC3=CCCCC3)n2)cc1. The molecular weight excluding hydrogens is 350 g/mol. The highest BCUT2D eigenvalue weighted by Gasteiger charge is 2.12. The highest BCUT2D eigenvalue weighted by molar-refractivity contribution is 5.96. The highest BCUT2D eigenvalue weighted by atomic mass is 16.2. The molecule has 0 unspecified atom stereocenters. The van der Waals surface area contributed by atoms with Crippen LogP contribution < -0.4 is 10.6 Å². The van der Waals surface area contributed by atoms with Crippen molar-refractivity contribution >= 4 is 11.8 Å². The zero-order valence-electron chi connectivity index (χ0n) is 16.3. The van der Waals surface area contributed by atoms with E-state index in [9.17, 15) is 9.59 Å². The Morgan fingerprint density at radius 1 is 0.964 bits per heavy atom. The third-order valence-electron chi connectivity index (χ3n) is 4.90. The summed E-state index contributed by atoms with van der Waals surface area (Å²) in [6.45, 7) is 3.04. The molecule has 0 spiro atoms. The van der Waals surface area contributed by atoms with Crippen LogP contribution in [-0.4, -0.2) is 23.3 Å². The van der Waals surface area contributed by atoms with Crippen LogP contribution >= 0.6 is 0 Å². The normalized spacial score (nSPS) is 13.5. The minimum atomic E-state index is -0.289. The molecule has 3 rings (SSSR count). The maximum absolute atomic E-state index is 12.4. The van der Waals surface area contributed by atoms with Gasteiger partial charge in [0, 0.05) is 13.1 Å². The number of hydrogen-bond donors (Lipinski definition) is 2. The van der Waals surface area contributed by atoms with Crippen LogP contribution in [0.2, 0.25) is 0 Å². The largest absolute Gasteiger partial charge is 0.350 e. The Kier molecular flexibility index (Phi) is 6.95. The average molecular weight is 377 g/mol. The monoisotopic (exact) mass is 377 g/mol. The van der Waals surface area contributed by atoms with E-state index >= 15 is 0 Å². The van der Waals surface area contributed by atoms with Crippen LogP contribution in [0.25, 0.3) is 0 Å². The summed E-state index contributed by atoms with van der Waals surface area (Å²) in [5.41, 5.74) is 4.12. The first-order valence-corrected chi connectivity index (χ1v) is 9.89. The van der Waals surface area contributed by atoms with Crippen molar-refractivity contribution in [2.45, 2.75) is 45.6 Å². The standard InChI is InChI=1S/C23H27N3O2/c1-17-10-12-19(13-11-17)16-25-23(28)21-9-5-8-20(26-21)22(27)24-15-14-18-6-3-2-4-7-18/h5-6,8-13H,2-4,7,14-16H2,1H3,(H,24,27)(H,25,28). The second-order valence-electron chi connectivity index (χ2n) is 7.19. The molecule has 5 nitrogen and oxygen atoms in total. The third-order valence-corrected chi connectivity index (χ3v) is 4.90. The number of carbonyl (C=O) groups excluding carboxylic acids is 2. The number of allylic oxidation sites excluding steroid dienone is 1. The Hall–Kier alpha value is -2.95. The van der Waals surface area contributed by atoms with Gasteiger partial charge in [0.05, 0.1) is 0 Å². The molecule has 1 aromatic carbocycles. The summed E-state index contributed by atoms with van der Waals surface area (Å²) >= 11 is 0. The van der Waals surface area contributed by atoms with Crippen LogP contribution in [0, 0.1) is 6.92 Å². The van der Waals surface area contributed by atoms with Gasteiger partial charge in [0.2, 0.25) is 0 Å². The Morgan fingerprint density at radius 2 is 1.68 bits per heavy atom. The number of aryl methyl sites for hydroxylation is 1. The zero-order valence-corrected chi connectivity index (χ0v) is 16.3. The minimum Gasteiger partial charge on any atom is -0.350 e. The molecule has 1 aliphatic rings. The molecule has 2 aromatic rings. The lowest BCUT2D eigenvalue weighted by Crippen LogP contribution is -2.28. The number of rotatable bonds is 7. The first kappa shape index (κ1) is 19.8. The molecule has 0 fully saturated rings. The number of pyridine rings is 1. The van der Waals surface area contributed by atoms with E-state index in [1.54, 1.807) is 18.2 Å². The van der Waals surface area contributed by atoms with E-state index in [0.29, 0.717) is 13.1 Å². The fraction of sp³-hybridized carbons (Fsp3) is 0.348. The van der Waals surface area contributed by atoms with Gasteiger partial charge in [-0.2, -0.15) is 0 Å². The van der Waals surface area contributed by atoms with Gasteiger partial charge in [0.15, 0.2) is 0 Å². The summed E-state index contributed by atoms with van der Waals surface area (Å²) in [4.78, 5) is 28.9. The van der Waals surface area contributed by atoms with Crippen LogP contribution in [0.3, 0.4) is 0 Å². The topological polar surface area (TPSA) is 71.1 Å². The first-order valence-electron chi connectivity index (χ1n) is 9.89. The third kappa shape index (κ3) is 5.78. The quantitative estimate of drug-likeness (QED) is 0.718. The van der Waals surface area contributed by atoms with Crippen molar-refractivity contribution < 1.29 is 9.59 Å². The summed E-state index contributed by atoms with van der Waals surface area (Å²) in [6, 6.07) is 12.9. The van der Waals surface area contributed by atoms with Crippen molar-refractivity contribution in [1.29, 1.82) is 0 Å². The number of carbonyl (C=O) groups is 2. The Morgan fingerprint density at radius 3 is 2.36 bits per heavy atom. The summed E-state index contributed by atoms with van der Waals surface area (Å²) in [6.07, 6.45) is 7.93. The second kappa shape index (κ2) is 9.83. The molecule has 2 amide bonds. The van der Waals surface area contributed by atoms with Crippen LogP contribution in [0.1, 0.15) is 64.2 Å². The van der Waals surface area contributed by atoms with Crippen molar-refractivity contribution in [3.8, 4) is 0 Å². The number of amides is 2. The molecule has 146 valence electrons. The molecule has 2 N–H and O–H groups in total. The lowest BCUT2D eigenvalue weighted by molar-refractivity contribution is 0.0943. The van der Waals surface area contributed by atoms with Crippen LogP contribution in [0.15, 0.2) is 54.1 Å². The summed E-state index contributed by atoms with van der Waals surface area (Å²) < 4.78 is 0. The van der Waals surface area contributed by atoms with Crippen LogP contribution in [0.5, 0.6) is 0 Å². The number of benzene rings is 1. The minimum absolute atomic E-state index is 0.245.